The third-order valence-electron chi connectivity index (χ3n) is 5.49. The number of rotatable bonds is 9. The van der Waals surface area contributed by atoms with E-state index in [1.165, 1.54) is 0 Å². The van der Waals surface area contributed by atoms with Gasteiger partial charge in [0, 0.05) is 18.2 Å². The van der Waals surface area contributed by atoms with Crippen LogP contribution in [0.15, 0.2) is 66.9 Å². The first-order valence-corrected chi connectivity index (χ1v) is 11.3. The molecule has 1 heterocycles. The summed E-state index contributed by atoms with van der Waals surface area (Å²) in [6, 6.07) is 19.6. The third kappa shape index (κ3) is 5.55. The quantitative estimate of drug-likeness (QED) is 0.305. The Morgan fingerprint density at radius 2 is 1.57 bits per heavy atom. The highest BCUT2D eigenvalue weighted by atomic mass is 16.5. The molecule has 4 aromatic rings. The molecule has 0 atom stereocenters. The summed E-state index contributed by atoms with van der Waals surface area (Å²) in [6.45, 7) is 2.81. The van der Waals surface area contributed by atoms with Crippen molar-refractivity contribution in [1.82, 2.24) is 9.97 Å². The highest BCUT2D eigenvalue weighted by molar-refractivity contribution is 5.80. The van der Waals surface area contributed by atoms with Gasteiger partial charge in [-0.05, 0) is 47.9 Å². The van der Waals surface area contributed by atoms with Gasteiger partial charge in [-0.25, -0.2) is 4.98 Å². The molecule has 0 radical (unpaired) electrons. The number of methoxy groups -OCH3 is 1. The van der Waals surface area contributed by atoms with Crippen molar-refractivity contribution in [2.75, 3.05) is 30.9 Å². The van der Waals surface area contributed by atoms with Gasteiger partial charge < -0.3 is 31.4 Å². The van der Waals surface area contributed by atoms with E-state index in [-0.39, 0.29) is 5.95 Å². The second-order valence-electron chi connectivity index (χ2n) is 7.95. The van der Waals surface area contributed by atoms with Crippen molar-refractivity contribution in [2.45, 2.75) is 20.0 Å². The largest absolute Gasteiger partial charge is 0.495 e. The number of nitrogens with two attached hydrogens (primary N) is 3. The predicted molar refractivity (Wildman–Crippen MR) is 138 cm³/mol. The minimum absolute atomic E-state index is 0.139. The van der Waals surface area contributed by atoms with Crippen LogP contribution in [0.4, 0.5) is 17.5 Å². The molecule has 0 aliphatic carbocycles. The van der Waals surface area contributed by atoms with Gasteiger partial charge in [0.1, 0.15) is 29.7 Å². The second-order valence-corrected chi connectivity index (χ2v) is 7.95. The molecule has 0 aliphatic heterocycles. The normalized spacial score (nSPS) is 10.7. The lowest BCUT2D eigenvalue weighted by atomic mass is 9.97. The van der Waals surface area contributed by atoms with Crippen LogP contribution < -0.4 is 31.4 Å². The molecule has 0 saturated carbocycles. The number of anilines is 3. The van der Waals surface area contributed by atoms with E-state index in [1.807, 2.05) is 67.6 Å². The molecule has 0 fully saturated rings. The molecule has 0 unspecified atom stereocenters. The van der Waals surface area contributed by atoms with E-state index < -0.39 is 0 Å². The van der Waals surface area contributed by atoms with Crippen LogP contribution in [-0.4, -0.2) is 23.7 Å². The molecule has 0 bridgehead atoms. The van der Waals surface area contributed by atoms with Crippen molar-refractivity contribution >= 4 is 17.5 Å². The van der Waals surface area contributed by atoms with Crippen molar-refractivity contribution in [3.63, 3.8) is 0 Å². The van der Waals surface area contributed by atoms with Crippen LogP contribution >= 0.6 is 0 Å². The van der Waals surface area contributed by atoms with Crippen molar-refractivity contribution in [3.8, 4) is 28.4 Å². The minimum Gasteiger partial charge on any atom is -0.495 e. The minimum atomic E-state index is 0.139. The van der Waals surface area contributed by atoms with E-state index in [0.717, 1.165) is 27.8 Å². The fourth-order valence-corrected chi connectivity index (χ4v) is 3.83. The van der Waals surface area contributed by atoms with Crippen LogP contribution in [0, 0.1) is 0 Å². The Morgan fingerprint density at radius 3 is 2.23 bits per heavy atom. The van der Waals surface area contributed by atoms with Crippen LogP contribution in [0.2, 0.25) is 0 Å². The van der Waals surface area contributed by atoms with E-state index in [0.29, 0.717) is 48.4 Å². The van der Waals surface area contributed by atoms with Crippen LogP contribution in [0.25, 0.3) is 11.1 Å². The SMILES string of the molecule is CCOc1cc(Cc2cnc(N)nc2N)cc(OCc2ccccc2)c1-c1ccc(OC)c(N)c1. The zero-order valence-electron chi connectivity index (χ0n) is 19.8. The zero-order valence-corrected chi connectivity index (χ0v) is 19.8. The second kappa shape index (κ2) is 10.6. The summed E-state index contributed by atoms with van der Waals surface area (Å²) in [4.78, 5) is 8.16. The van der Waals surface area contributed by atoms with Gasteiger partial charge in [-0.1, -0.05) is 36.4 Å². The van der Waals surface area contributed by atoms with Crippen LogP contribution in [0.3, 0.4) is 0 Å². The Balaban J connectivity index is 1.81. The summed E-state index contributed by atoms with van der Waals surface area (Å²) < 4.78 is 17.8. The van der Waals surface area contributed by atoms with E-state index in [4.69, 9.17) is 31.4 Å². The monoisotopic (exact) mass is 471 g/mol. The number of ether oxygens (including phenoxy) is 3. The van der Waals surface area contributed by atoms with Gasteiger partial charge in [0.25, 0.3) is 0 Å². The maximum atomic E-state index is 6.35. The lowest BCUT2D eigenvalue weighted by Crippen LogP contribution is -2.05. The molecule has 3 aromatic carbocycles. The molecule has 4 rings (SSSR count). The van der Waals surface area contributed by atoms with E-state index in [2.05, 4.69) is 9.97 Å². The van der Waals surface area contributed by atoms with Gasteiger partial charge >= 0.3 is 0 Å². The molecular weight excluding hydrogens is 442 g/mol. The topological polar surface area (TPSA) is 132 Å². The number of benzene rings is 3. The van der Waals surface area contributed by atoms with E-state index in [1.54, 1.807) is 13.3 Å². The number of nitrogen functional groups attached to an aromatic ring is 3. The Morgan fingerprint density at radius 1 is 0.829 bits per heavy atom. The first kappa shape index (κ1) is 23.7. The molecule has 0 spiro atoms. The third-order valence-corrected chi connectivity index (χ3v) is 5.49. The summed E-state index contributed by atoms with van der Waals surface area (Å²) in [5, 5.41) is 0. The maximum Gasteiger partial charge on any atom is 0.221 e. The van der Waals surface area contributed by atoms with Crippen molar-refractivity contribution in [1.29, 1.82) is 0 Å². The van der Waals surface area contributed by atoms with Gasteiger partial charge in [-0.2, -0.15) is 4.98 Å². The fourth-order valence-electron chi connectivity index (χ4n) is 3.83. The molecule has 8 heteroatoms. The molecule has 0 amide bonds. The highest BCUT2D eigenvalue weighted by Crippen LogP contribution is 2.42. The number of aromatic nitrogens is 2. The standard InChI is InChI=1S/C27H29N5O3/c1-3-34-23-12-18(11-20-15-31-27(30)32-26(20)29)13-24(35-16-17-7-5-4-6-8-17)25(23)19-9-10-22(33-2)21(28)14-19/h4-10,12-15H,3,11,16,28H2,1-2H3,(H4,29,30,31,32). The van der Waals surface area contributed by atoms with E-state index >= 15 is 0 Å². The van der Waals surface area contributed by atoms with Crippen LogP contribution in [0.5, 0.6) is 17.2 Å². The zero-order chi connectivity index (χ0) is 24.8. The average molecular weight is 472 g/mol. The Labute approximate surface area is 204 Å². The lowest BCUT2D eigenvalue weighted by molar-refractivity contribution is 0.301. The molecule has 1 aromatic heterocycles. The van der Waals surface area contributed by atoms with Gasteiger partial charge in [0.2, 0.25) is 5.95 Å². The summed E-state index contributed by atoms with van der Waals surface area (Å²) in [7, 11) is 1.59. The van der Waals surface area contributed by atoms with Crippen molar-refractivity contribution < 1.29 is 14.2 Å². The first-order chi connectivity index (χ1) is 17.0. The van der Waals surface area contributed by atoms with Gasteiger partial charge in [-0.3, -0.25) is 0 Å². The van der Waals surface area contributed by atoms with Crippen molar-refractivity contribution in [2.24, 2.45) is 0 Å². The molecule has 0 saturated heterocycles. The predicted octanol–water partition coefficient (Wildman–Crippen LogP) is 4.47. The Bertz CT molecular complexity index is 1310. The summed E-state index contributed by atoms with van der Waals surface area (Å²) in [5.74, 6) is 2.42. The fraction of sp³-hybridized carbons (Fsp3) is 0.185. The lowest BCUT2D eigenvalue weighted by Gasteiger charge is -2.19. The summed E-state index contributed by atoms with van der Waals surface area (Å²) in [6.07, 6.45) is 2.12. The average Bonchev–Trinajstić information content (AvgIpc) is 2.85. The first-order valence-electron chi connectivity index (χ1n) is 11.3. The summed E-state index contributed by atoms with van der Waals surface area (Å²) in [5.41, 5.74) is 22.9. The molecular formula is C27H29N5O3. The van der Waals surface area contributed by atoms with Crippen LogP contribution in [0.1, 0.15) is 23.6 Å². The van der Waals surface area contributed by atoms with Crippen molar-refractivity contribution in [3.05, 3.63) is 83.6 Å². The van der Waals surface area contributed by atoms with Crippen LogP contribution in [-0.2, 0) is 13.0 Å². The Hall–Kier alpha value is -4.46. The Kier molecular flexibility index (Phi) is 7.21. The van der Waals surface area contributed by atoms with E-state index in [9.17, 15) is 0 Å². The van der Waals surface area contributed by atoms with Gasteiger partial charge in [-0.15, -0.1) is 0 Å². The number of hydrogen-bond acceptors (Lipinski definition) is 8. The molecule has 180 valence electrons. The summed E-state index contributed by atoms with van der Waals surface area (Å²) >= 11 is 0. The molecule has 8 nitrogen and oxygen atoms in total. The van der Waals surface area contributed by atoms with Gasteiger partial charge in [0.05, 0.1) is 25.0 Å². The number of hydrogen-bond donors (Lipinski definition) is 3. The highest BCUT2D eigenvalue weighted by Gasteiger charge is 2.18. The maximum absolute atomic E-state index is 6.35. The van der Waals surface area contributed by atoms with Gasteiger partial charge in [0.15, 0.2) is 0 Å². The molecule has 35 heavy (non-hydrogen) atoms. The molecule has 0 aliphatic rings. The number of nitrogens with zero attached hydrogens (tertiary/aromatic N) is 2. The smallest absolute Gasteiger partial charge is 0.221 e. The molecule has 6 N–H and O–H groups in total.